The standard InChI is InChI=1S/C9H15NO6.3K/c11-7(12)1-4-10(5-2-8(13)14)6-3-9(15)16;;;/h1-6H2,(H,11,12)(H,13,14)(H,15,16);;;/q;3*+1/p-3. The number of rotatable bonds is 9. The summed E-state index contributed by atoms with van der Waals surface area (Å²) in [6.07, 6.45) is -0.833. The van der Waals surface area contributed by atoms with Gasteiger partial charge in [-0.1, -0.05) is 0 Å². The molecule has 0 aliphatic heterocycles. The second kappa shape index (κ2) is 19.3. The van der Waals surface area contributed by atoms with Gasteiger partial charge in [0.2, 0.25) is 0 Å². The van der Waals surface area contributed by atoms with E-state index in [2.05, 4.69) is 0 Å². The molecule has 0 aromatic rings. The first-order valence-corrected chi connectivity index (χ1v) is 4.73. The van der Waals surface area contributed by atoms with Crippen molar-refractivity contribution in [2.24, 2.45) is 0 Å². The van der Waals surface area contributed by atoms with Gasteiger partial charge in [0.25, 0.3) is 0 Å². The molecule has 0 atom stereocenters. The van der Waals surface area contributed by atoms with Crippen LogP contribution in [0.3, 0.4) is 0 Å². The normalized spacial score (nSPS) is 8.68. The molecule has 0 bridgehead atoms. The van der Waals surface area contributed by atoms with Crippen molar-refractivity contribution in [3.8, 4) is 0 Å². The van der Waals surface area contributed by atoms with Crippen molar-refractivity contribution < 1.29 is 184 Å². The van der Waals surface area contributed by atoms with Crippen molar-refractivity contribution in [3.63, 3.8) is 0 Å². The first kappa shape index (κ1) is 30.2. The van der Waals surface area contributed by atoms with Gasteiger partial charge in [0.15, 0.2) is 0 Å². The summed E-state index contributed by atoms with van der Waals surface area (Å²) >= 11 is 0. The molecule has 0 aromatic carbocycles. The molecule has 0 unspecified atom stereocenters. The topological polar surface area (TPSA) is 124 Å². The summed E-state index contributed by atoms with van der Waals surface area (Å²) in [6, 6.07) is 0. The number of nitrogens with zero attached hydrogens (tertiary/aromatic N) is 1. The number of carbonyl (C=O) groups excluding carboxylic acids is 3. The average Bonchev–Trinajstić information content (AvgIpc) is 2.15. The Morgan fingerprint density at radius 1 is 0.632 bits per heavy atom. The monoisotopic (exact) mass is 347 g/mol. The van der Waals surface area contributed by atoms with Crippen LogP contribution in [0.25, 0.3) is 0 Å². The van der Waals surface area contributed by atoms with Crippen LogP contribution in [0.15, 0.2) is 0 Å². The largest absolute Gasteiger partial charge is 1.00 e. The SMILES string of the molecule is O=C([O-])CCN(CCC(=O)[O-])CCC(=O)[O-].[K+].[K+].[K+]. The van der Waals surface area contributed by atoms with Crippen LogP contribution >= 0.6 is 0 Å². The zero-order valence-corrected chi connectivity index (χ0v) is 21.0. The van der Waals surface area contributed by atoms with Crippen LogP contribution < -0.4 is 169 Å². The molecule has 0 aromatic heterocycles. The Labute approximate surface area is 239 Å². The van der Waals surface area contributed by atoms with Gasteiger partial charge in [-0.3, -0.25) is 0 Å². The van der Waals surface area contributed by atoms with Gasteiger partial charge in [0, 0.05) is 37.5 Å². The van der Waals surface area contributed by atoms with E-state index in [1.807, 2.05) is 0 Å². The van der Waals surface area contributed by atoms with Gasteiger partial charge in [-0.05, 0) is 19.3 Å². The van der Waals surface area contributed by atoms with Gasteiger partial charge in [0.1, 0.15) is 0 Å². The number of aliphatic carboxylic acids is 3. The Bertz CT molecular complexity index is 234. The Morgan fingerprint density at radius 3 is 1.00 bits per heavy atom. The maximum absolute atomic E-state index is 10.2. The minimum atomic E-state index is -1.27. The van der Waals surface area contributed by atoms with Crippen molar-refractivity contribution in [3.05, 3.63) is 0 Å². The van der Waals surface area contributed by atoms with Crippen LogP contribution in [0, 0.1) is 0 Å². The summed E-state index contributed by atoms with van der Waals surface area (Å²) in [6.45, 7) is 0.134. The van der Waals surface area contributed by atoms with Gasteiger partial charge >= 0.3 is 154 Å². The molecule has 0 saturated carbocycles. The summed E-state index contributed by atoms with van der Waals surface area (Å²) < 4.78 is 0. The minimum absolute atomic E-state index is 0. The Kier molecular flexibility index (Phi) is 30.7. The van der Waals surface area contributed by atoms with E-state index in [1.165, 1.54) is 4.90 Å². The van der Waals surface area contributed by atoms with Crippen LogP contribution in [0.4, 0.5) is 0 Å². The molecule has 19 heavy (non-hydrogen) atoms. The number of carbonyl (C=O) groups is 3. The Morgan fingerprint density at radius 2 is 0.842 bits per heavy atom. The van der Waals surface area contributed by atoms with Crippen LogP contribution in [0.2, 0.25) is 0 Å². The molecule has 0 rings (SSSR count). The maximum Gasteiger partial charge on any atom is 1.00 e. The average molecular weight is 347 g/mol. The minimum Gasteiger partial charge on any atom is -0.550 e. The molecular weight excluding hydrogens is 335 g/mol. The molecule has 0 N–H and O–H groups in total. The third-order valence-corrected chi connectivity index (χ3v) is 1.90. The Hall–Kier alpha value is 3.28. The zero-order chi connectivity index (χ0) is 12.6. The molecule has 10 heteroatoms. The molecule has 0 amide bonds. The van der Waals surface area contributed by atoms with Crippen LogP contribution in [-0.2, 0) is 14.4 Å². The molecule has 0 spiro atoms. The zero-order valence-electron chi connectivity index (χ0n) is 11.6. The van der Waals surface area contributed by atoms with E-state index in [1.54, 1.807) is 0 Å². The molecule has 92 valence electrons. The summed E-state index contributed by atoms with van der Waals surface area (Å²) in [7, 11) is 0. The van der Waals surface area contributed by atoms with Gasteiger partial charge in [-0.2, -0.15) is 0 Å². The number of carboxylic acids is 3. The predicted octanol–water partition coefficient (Wildman–Crippen LogP) is -13.3. The quantitative estimate of drug-likeness (QED) is 0.379. The second-order valence-corrected chi connectivity index (χ2v) is 3.21. The number of hydrogen-bond donors (Lipinski definition) is 0. The fourth-order valence-corrected chi connectivity index (χ4v) is 1.08. The predicted molar refractivity (Wildman–Crippen MR) is 45.3 cm³/mol. The smallest absolute Gasteiger partial charge is 0.550 e. The summed E-state index contributed by atoms with van der Waals surface area (Å²) in [5.74, 6) is -3.81. The molecule has 0 fully saturated rings. The Balaban J connectivity index is -0.000000375. The third-order valence-electron chi connectivity index (χ3n) is 1.90. The van der Waals surface area contributed by atoms with Crippen LogP contribution in [0.5, 0.6) is 0 Å². The van der Waals surface area contributed by atoms with Crippen molar-refractivity contribution >= 4 is 17.9 Å². The second-order valence-electron chi connectivity index (χ2n) is 3.21. The number of hydrogen-bond acceptors (Lipinski definition) is 7. The first-order chi connectivity index (χ1) is 7.41. The van der Waals surface area contributed by atoms with Crippen molar-refractivity contribution in [2.45, 2.75) is 19.3 Å². The van der Waals surface area contributed by atoms with Crippen molar-refractivity contribution in [2.75, 3.05) is 19.6 Å². The van der Waals surface area contributed by atoms with E-state index in [0.717, 1.165) is 0 Å². The van der Waals surface area contributed by atoms with Gasteiger partial charge in [-0.25, -0.2) is 0 Å². The van der Waals surface area contributed by atoms with Crippen LogP contribution in [-0.4, -0.2) is 42.4 Å². The summed E-state index contributed by atoms with van der Waals surface area (Å²) in [5.41, 5.74) is 0. The van der Waals surface area contributed by atoms with Crippen molar-refractivity contribution in [1.82, 2.24) is 4.90 Å². The molecular formula is C9H12K3NO6. The fraction of sp³-hybridized carbons (Fsp3) is 0.667. The van der Waals surface area contributed by atoms with E-state index in [9.17, 15) is 29.7 Å². The van der Waals surface area contributed by atoms with Gasteiger partial charge in [-0.15, -0.1) is 0 Å². The molecule has 0 aliphatic carbocycles. The van der Waals surface area contributed by atoms with Gasteiger partial charge < -0.3 is 34.6 Å². The first-order valence-electron chi connectivity index (χ1n) is 4.73. The summed E-state index contributed by atoms with van der Waals surface area (Å²) in [5, 5.41) is 30.6. The fourth-order valence-electron chi connectivity index (χ4n) is 1.08. The van der Waals surface area contributed by atoms with Gasteiger partial charge in [0.05, 0.1) is 0 Å². The van der Waals surface area contributed by atoms with E-state index in [4.69, 9.17) is 0 Å². The molecule has 0 heterocycles. The number of carboxylic acid groups (broad SMARTS) is 3. The molecule has 0 radical (unpaired) electrons. The van der Waals surface area contributed by atoms with E-state index < -0.39 is 17.9 Å². The molecule has 0 aliphatic rings. The van der Waals surface area contributed by atoms with E-state index >= 15 is 0 Å². The van der Waals surface area contributed by atoms with Crippen LogP contribution in [0.1, 0.15) is 19.3 Å². The van der Waals surface area contributed by atoms with Crippen molar-refractivity contribution in [1.29, 1.82) is 0 Å². The maximum atomic E-state index is 10.2. The van der Waals surface area contributed by atoms with E-state index in [-0.39, 0.29) is 193 Å². The molecule has 0 saturated heterocycles. The summed E-state index contributed by atoms with van der Waals surface area (Å²) in [4.78, 5) is 32.0. The molecule has 7 nitrogen and oxygen atoms in total. The van der Waals surface area contributed by atoms with E-state index in [0.29, 0.717) is 0 Å². The third kappa shape index (κ3) is 23.7.